The topological polar surface area (TPSA) is 63.6 Å². The number of carbonyl (C=O) groups excluding carboxylic acids is 2. The lowest BCUT2D eigenvalue weighted by atomic mass is 9.44. The third kappa shape index (κ3) is 2.97. The number of aliphatic hydroxyl groups excluding tert-OH is 1. The van der Waals surface area contributed by atoms with Crippen molar-refractivity contribution in [1.82, 2.24) is 0 Å². The van der Waals surface area contributed by atoms with E-state index in [1.807, 2.05) is 0 Å². The van der Waals surface area contributed by atoms with Gasteiger partial charge >= 0.3 is 5.97 Å². The van der Waals surface area contributed by atoms with Gasteiger partial charge in [0.2, 0.25) is 0 Å². The van der Waals surface area contributed by atoms with Crippen molar-refractivity contribution in [3.63, 3.8) is 0 Å². The Balaban J connectivity index is 1.53. The van der Waals surface area contributed by atoms with Crippen molar-refractivity contribution in [3.05, 3.63) is 0 Å². The van der Waals surface area contributed by atoms with Gasteiger partial charge in [-0.15, -0.1) is 0 Å². The quantitative estimate of drug-likeness (QED) is 0.752. The summed E-state index contributed by atoms with van der Waals surface area (Å²) in [6.07, 6.45) is 10.3. The third-order valence-electron chi connectivity index (χ3n) is 9.49. The van der Waals surface area contributed by atoms with Gasteiger partial charge in [0, 0.05) is 12.8 Å². The lowest BCUT2D eigenvalue weighted by Crippen LogP contribution is -2.54. The first-order chi connectivity index (χ1) is 12.8. The number of aliphatic hydroxyl groups is 1. The van der Waals surface area contributed by atoms with E-state index in [1.165, 1.54) is 32.6 Å². The number of hydrogen-bond acceptors (Lipinski definition) is 4. The summed E-state index contributed by atoms with van der Waals surface area (Å²) in [7, 11) is 0. The zero-order valence-electron chi connectivity index (χ0n) is 17.2. The highest BCUT2D eigenvalue weighted by molar-refractivity contribution is 5.83. The highest BCUT2D eigenvalue weighted by atomic mass is 16.5. The summed E-state index contributed by atoms with van der Waals surface area (Å²) in [6, 6.07) is 0. The Morgan fingerprint density at radius 1 is 0.963 bits per heavy atom. The molecule has 4 saturated carbocycles. The van der Waals surface area contributed by atoms with Gasteiger partial charge in [-0.1, -0.05) is 13.8 Å². The molecule has 0 aromatic rings. The molecule has 0 aromatic heterocycles. The zero-order chi connectivity index (χ0) is 19.4. The summed E-state index contributed by atoms with van der Waals surface area (Å²) in [5, 5.41) is 9.43. The SMILES string of the molecule is CC(=O)O[C@@H]1CC[C@@]2(C)[C@H](CC[C@@H]3[C@@H]2CC[C@]2(C)[C@@H](C(=O)CO)CC[C@@H]32)C1. The van der Waals surface area contributed by atoms with E-state index in [1.54, 1.807) is 0 Å². The van der Waals surface area contributed by atoms with Gasteiger partial charge in [-0.05, 0) is 92.3 Å². The van der Waals surface area contributed by atoms with E-state index in [4.69, 9.17) is 4.74 Å². The van der Waals surface area contributed by atoms with Gasteiger partial charge in [0.25, 0.3) is 0 Å². The fourth-order valence-corrected chi connectivity index (χ4v) is 8.20. The second-order valence-corrected chi connectivity index (χ2v) is 10.5. The second kappa shape index (κ2) is 6.86. The molecule has 0 bridgehead atoms. The van der Waals surface area contributed by atoms with Crippen molar-refractivity contribution in [3.8, 4) is 0 Å². The minimum Gasteiger partial charge on any atom is -0.463 e. The molecule has 0 aromatic carbocycles. The Hall–Kier alpha value is -0.900. The molecule has 4 heteroatoms. The average molecular weight is 377 g/mol. The molecule has 0 spiro atoms. The molecule has 4 fully saturated rings. The maximum atomic E-state index is 12.4. The molecule has 1 N–H and O–H groups in total. The number of hydrogen-bond donors (Lipinski definition) is 1. The van der Waals surface area contributed by atoms with Crippen LogP contribution in [-0.2, 0) is 14.3 Å². The largest absolute Gasteiger partial charge is 0.463 e. The van der Waals surface area contributed by atoms with E-state index >= 15 is 0 Å². The van der Waals surface area contributed by atoms with Crippen LogP contribution in [0, 0.1) is 40.4 Å². The summed E-state index contributed by atoms with van der Waals surface area (Å²) in [4.78, 5) is 23.7. The van der Waals surface area contributed by atoms with Crippen LogP contribution < -0.4 is 0 Å². The van der Waals surface area contributed by atoms with Crippen molar-refractivity contribution in [1.29, 1.82) is 0 Å². The Morgan fingerprint density at radius 3 is 2.37 bits per heavy atom. The Kier molecular flexibility index (Phi) is 4.93. The predicted molar refractivity (Wildman–Crippen MR) is 103 cm³/mol. The Bertz CT molecular complexity index is 615. The average Bonchev–Trinajstić information content (AvgIpc) is 2.98. The first-order valence-electron chi connectivity index (χ1n) is 11.1. The standard InChI is InChI=1S/C23H36O4/c1-14(25)27-16-8-10-22(2)15(12-16)4-5-17-18-6-7-20(21(26)13-24)23(18,3)11-9-19(17)22/h15-20,24H,4-13H2,1-3H3/t15-,16-,17+,18+,19+,20-,22+,23+/m1/s1. The van der Waals surface area contributed by atoms with Crippen LogP contribution in [0.4, 0.5) is 0 Å². The first-order valence-corrected chi connectivity index (χ1v) is 11.1. The van der Waals surface area contributed by atoms with Crippen LogP contribution in [0.1, 0.15) is 78.6 Å². The van der Waals surface area contributed by atoms with Crippen molar-refractivity contribution in [2.24, 2.45) is 40.4 Å². The molecule has 4 nitrogen and oxygen atoms in total. The maximum Gasteiger partial charge on any atom is 0.302 e. The summed E-state index contributed by atoms with van der Waals surface area (Å²) < 4.78 is 5.56. The van der Waals surface area contributed by atoms with Crippen molar-refractivity contribution < 1.29 is 19.4 Å². The Morgan fingerprint density at radius 2 is 1.67 bits per heavy atom. The minimum absolute atomic E-state index is 0.0682. The summed E-state index contributed by atoms with van der Waals surface area (Å²) in [5.41, 5.74) is 0.457. The molecule has 8 atom stereocenters. The van der Waals surface area contributed by atoms with E-state index in [9.17, 15) is 14.7 Å². The third-order valence-corrected chi connectivity index (χ3v) is 9.49. The summed E-state index contributed by atoms with van der Waals surface area (Å²) in [6.45, 7) is 6.08. The number of carbonyl (C=O) groups is 2. The number of ether oxygens (including phenoxy) is 1. The maximum absolute atomic E-state index is 12.4. The number of fused-ring (bicyclic) bond motifs is 5. The fourth-order valence-electron chi connectivity index (χ4n) is 8.20. The molecule has 4 rings (SSSR count). The lowest BCUT2D eigenvalue weighted by Gasteiger charge is -2.61. The fraction of sp³-hybridized carbons (Fsp3) is 0.913. The first kappa shape index (κ1) is 19.4. The molecule has 0 unspecified atom stereocenters. The van der Waals surface area contributed by atoms with Crippen LogP contribution in [0.2, 0.25) is 0 Å². The highest BCUT2D eigenvalue weighted by Crippen LogP contribution is 2.67. The van der Waals surface area contributed by atoms with Crippen LogP contribution >= 0.6 is 0 Å². The van der Waals surface area contributed by atoms with Gasteiger partial charge in [0.05, 0.1) is 0 Å². The number of Topliss-reactive ketones (excluding diaryl/α,β-unsaturated/α-hetero) is 1. The summed E-state index contributed by atoms with van der Waals surface area (Å²) in [5.74, 6) is 2.77. The number of rotatable bonds is 3. The number of ketones is 1. The molecular formula is C23H36O4. The molecule has 4 aliphatic rings. The molecule has 0 aliphatic heterocycles. The number of esters is 1. The monoisotopic (exact) mass is 376 g/mol. The normalized spacial score (nSPS) is 48.9. The highest BCUT2D eigenvalue weighted by Gasteiger charge is 2.61. The van der Waals surface area contributed by atoms with Crippen LogP contribution in [-0.4, -0.2) is 29.6 Å². The van der Waals surface area contributed by atoms with Crippen LogP contribution in [0.15, 0.2) is 0 Å². The Labute approximate surface area is 163 Å². The molecule has 0 heterocycles. The summed E-state index contributed by atoms with van der Waals surface area (Å²) >= 11 is 0. The molecule has 0 amide bonds. The van der Waals surface area contributed by atoms with E-state index < -0.39 is 0 Å². The molecule has 152 valence electrons. The molecular weight excluding hydrogens is 340 g/mol. The minimum atomic E-state index is -0.293. The van der Waals surface area contributed by atoms with Crippen molar-refractivity contribution in [2.45, 2.75) is 84.7 Å². The molecule has 4 aliphatic carbocycles. The van der Waals surface area contributed by atoms with Crippen LogP contribution in [0.25, 0.3) is 0 Å². The zero-order valence-corrected chi connectivity index (χ0v) is 17.2. The molecule has 27 heavy (non-hydrogen) atoms. The smallest absolute Gasteiger partial charge is 0.302 e. The van der Waals surface area contributed by atoms with Crippen molar-refractivity contribution in [2.75, 3.05) is 6.61 Å². The van der Waals surface area contributed by atoms with Gasteiger partial charge < -0.3 is 9.84 Å². The van der Waals surface area contributed by atoms with Crippen LogP contribution in [0.5, 0.6) is 0 Å². The van der Waals surface area contributed by atoms with Gasteiger partial charge in [-0.3, -0.25) is 9.59 Å². The molecule has 0 saturated heterocycles. The van der Waals surface area contributed by atoms with Crippen LogP contribution in [0.3, 0.4) is 0 Å². The van der Waals surface area contributed by atoms with Gasteiger partial charge in [0.15, 0.2) is 5.78 Å². The lowest BCUT2D eigenvalue weighted by molar-refractivity contribution is -0.161. The van der Waals surface area contributed by atoms with Gasteiger partial charge in [-0.25, -0.2) is 0 Å². The van der Waals surface area contributed by atoms with Gasteiger partial charge in [0.1, 0.15) is 12.7 Å². The second-order valence-electron chi connectivity index (χ2n) is 10.5. The van der Waals surface area contributed by atoms with E-state index in [0.717, 1.165) is 43.9 Å². The van der Waals surface area contributed by atoms with Crippen molar-refractivity contribution >= 4 is 11.8 Å². The van der Waals surface area contributed by atoms with E-state index in [0.29, 0.717) is 17.3 Å². The predicted octanol–water partition coefficient (Wildman–Crippen LogP) is 4.14. The molecule has 0 radical (unpaired) electrons. The van der Waals surface area contributed by atoms with E-state index in [2.05, 4.69) is 13.8 Å². The van der Waals surface area contributed by atoms with E-state index in [-0.39, 0.29) is 35.8 Å². The van der Waals surface area contributed by atoms with Gasteiger partial charge in [-0.2, -0.15) is 0 Å².